The predicted molar refractivity (Wildman–Crippen MR) is 36.6 cm³/mol. The maximum atomic E-state index is 12.0. The minimum Gasteiger partial charge on any atom is -0.383 e. The first-order valence-electron chi connectivity index (χ1n) is 3.01. The van der Waals surface area contributed by atoms with Gasteiger partial charge >= 0.3 is 6.18 Å². The second-order valence-electron chi connectivity index (χ2n) is 2.00. The van der Waals surface area contributed by atoms with Crippen LogP contribution >= 0.6 is 0 Å². The van der Waals surface area contributed by atoms with Crippen molar-refractivity contribution < 1.29 is 13.2 Å². The van der Waals surface area contributed by atoms with Crippen molar-refractivity contribution in [1.82, 2.24) is 10.2 Å². The number of rotatable bonds is 2. The average Bonchev–Trinajstić information content (AvgIpc) is 1.97. The highest BCUT2D eigenvalue weighted by Crippen LogP contribution is 2.22. The smallest absolute Gasteiger partial charge is 0.383 e. The molecule has 6 heteroatoms. The Morgan fingerprint density at radius 3 is 2.33 bits per heavy atom. The van der Waals surface area contributed by atoms with Crippen LogP contribution < -0.4 is 5.32 Å². The Labute approximate surface area is 68.1 Å². The molecule has 0 atom stereocenters. The van der Waals surface area contributed by atoms with Gasteiger partial charge in [-0.3, -0.25) is 4.90 Å². The summed E-state index contributed by atoms with van der Waals surface area (Å²) >= 11 is 0. The molecule has 68 valence electrons. The van der Waals surface area contributed by atoms with Gasteiger partial charge in [-0.2, -0.15) is 18.4 Å². The molecule has 3 nitrogen and oxygen atoms in total. The van der Waals surface area contributed by atoms with Gasteiger partial charge in [0.05, 0.1) is 0 Å². The lowest BCUT2D eigenvalue weighted by Crippen LogP contribution is -2.25. The molecule has 0 spiro atoms. The molecule has 0 unspecified atom stereocenters. The first-order chi connectivity index (χ1) is 5.41. The molecule has 0 bridgehead atoms. The molecule has 0 saturated heterocycles. The van der Waals surface area contributed by atoms with Crippen molar-refractivity contribution in [2.75, 3.05) is 14.1 Å². The molecule has 0 aliphatic carbocycles. The van der Waals surface area contributed by atoms with Crippen LogP contribution in [0, 0.1) is 11.5 Å². The molecule has 0 fully saturated rings. The van der Waals surface area contributed by atoms with Crippen LogP contribution in [-0.4, -0.2) is 25.2 Å². The highest BCUT2D eigenvalue weighted by atomic mass is 19.4. The van der Waals surface area contributed by atoms with Crippen molar-refractivity contribution in [1.29, 1.82) is 5.26 Å². The van der Waals surface area contributed by atoms with Gasteiger partial charge in [0.2, 0.25) is 0 Å². The predicted octanol–water partition coefficient (Wildman–Crippen LogP) is 1.02. The fourth-order valence-corrected chi connectivity index (χ4v) is 0.502. The van der Waals surface area contributed by atoms with Crippen molar-refractivity contribution in [3.63, 3.8) is 0 Å². The van der Waals surface area contributed by atoms with E-state index in [1.54, 1.807) is 0 Å². The molecule has 0 aromatic carbocycles. The molecular weight excluding hydrogens is 171 g/mol. The van der Waals surface area contributed by atoms with E-state index in [9.17, 15) is 13.2 Å². The first kappa shape index (κ1) is 10.6. The van der Waals surface area contributed by atoms with Crippen LogP contribution in [0.2, 0.25) is 0 Å². The molecule has 0 aliphatic rings. The molecule has 0 amide bonds. The molecular formula is C6H8F3N3. The SMILES string of the molecule is CN/C(=C\N(C)C#N)C(F)(F)F. The minimum atomic E-state index is -4.44. The maximum absolute atomic E-state index is 12.0. The van der Waals surface area contributed by atoms with Gasteiger partial charge in [0, 0.05) is 20.3 Å². The molecule has 0 aromatic heterocycles. The van der Waals surface area contributed by atoms with Crippen molar-refractivity contribution >= 4 is 0 Å². The van der Waals surface area contributed by atoms with E-state index in [1.807, 2.05) is 5.32 Å². The van der Waals surface area contributed by atoms with Gasteiger partial charge in [-0.05, 0) is 0 Å². The third-order valence-electron chi connectivity index (χ3n) is 1.06. The first-order valence-corrected chi connectivity index (χ1v) is 3.01. The molecule has 0 saturated carbocycles. The van der Waals surface area contributed by atoms with E-state index >= 15 is 0 Å². The van der Waals surface area contributed by atoms with Crippen molar-refractivity contribution in [3.05, 3.63) is 11.9 Å². The summed E-state index contributed by atoms with van der Waals surface area (Å²) in [6.45, 7) is 0. The summed E-state index contributed by atoms with van der Waals surface area (Å²) in [6, 6.07) is 0. The van der Waals surface area contributed by atoms with Gasteiger partial charge in [0.15, 0.2) is 6.19 Å². The molecule has 0 rings (SSSR count). The van der Waals surface area contributed by atoms with Crippen LogP contribution in [0.15, 0.2) is 11.9 Å². The lowest BCUT2D eigenvalue weighted by molar-refractivity contribution is -0.0968. The third-order valence-corrected chi connectivity index (χ3v) is 1.06. The van der Waals surface area contributed by atoms with Crippen LogP contribution in [0.25, 0.3) is 0 Å². The zero-order valence-electron chi connectivity index (χ0n) is 6.61. The number of alkyl halides is 3. The van der Waals surface area contributed by atoms with Crippen LogP contribution in [0.4, 0.5) is 13.2 Å². The molecule has 0 heterocycles. The van der Waals surface area contributed by atoms with Crippen molar-refractivity contribution in [3.8, 4) is 6.19 Å². The summed E-state index contributed by atoms with van der Waals surface area (Å²) in [6.07, 6.45) is -2.25. The third kappa shape index (κ3) is 3.14. The molecule has 1 N–H and O–H groups in total. The fraction of sp³-hybridized carbons (Fsp3) is 0.500. The van der Waals surface area contributed by atoms with Gasteiger partial charge in [-0.15, -0.1) is 0 Å². The summed E-state index contributed by atoms with van der Waals surface area (Å²) in [5.74, 6) is 0. The zero-order chi connectivity index (χ0) is 9.78. The molecule has 0 aromatic rings. The monoisotopic (exact) mass is 179 g/mol. The number of halogens is 3. The van der Waals surface area contributed by atoms with E-state index < -0.39 is 11.9 Å². The Balaban J connectivity index is 4.58. The lowest BCUT2D eigenvalue weighted by atomic mass is 10.4. The number of nitrogens with zero attached hydrogens (tertiary/aromatic N) is 2. The Morgan fingerprint density at radius 1 is 1.58 bits per heavy atom. The van der Waals surface area contributed by atoms with E-state index in [2.05, 4.69) is 0 Å². The Bertz CT molecular complexity index is 213. The summed E-state index contributed by atoms with van der Waals surface area (Å²) in [7, 11) is 2.37. The minimum absolute atomic E-state index is 0.681. The number of hydrogen-bond donors (Lipinski definition) is 1. The normalized spacial score (nSPS) is 12.2. The van der Waals surface area contributed by atoms with Crippen molar-refractivity contribution in [2.45, 2.75) is 6.18 Å². The van der Waals surface area contributed by atoms with Gasteiger partial charge in [0.1, 0.15) is 5.70 Å². The van der Waals surface area contributed by atoms with E-state index in [0.29, 0.717) is 6.20 Å². The van der Waals surface area contributed by atoms with E-state index in [4.69, 9.17) is 5.26 Å². The standard InChI is InChI=1S/C6H8F3N3/c1-11-5(6(7,8)9)3-12(2)4-10/h3,11H,1-2H3/b5-3-. The van der Waals surface area contributed by atoms with E-state index in [0.717, 1.165) is 11.9 Å². The van der Waals surface area contributed by atoms with Crippen LogP contribution in [0.3, 0.4) is 0 Å². The quantitative estimate of drug-likeness (QED) is 0.508. The molecule has 0 aliphatic heterocycles. The largest absolute Gasteiger partial charge is 0.432 e. The van der Waals surface area contributed by atoms with Gasteiger partial charge in [-0.25, -0.2) is 0 Å². The zero-order valence-corrected chi connectivity index (χ0v) is 6.61. The molecule has 0 radical (unpaired) electrons. The van der Waals surface area contributed by atoms with E-state index in [1.165, 1.54) is 13.2 Å². The Hall–Kier alpha value is -1.38. The number of nitrogens with one attached hydrogen (secondary N) is 1. The fourth-order valence-electron chi connectivity index (χ4n) is 0.502. The van der Waals surface area contributed by atoms with Crippen LogP contribution in [-0.2, 0) is 0 Å². The van der Waals surface area contributed by atoms with Gasteiger partial charge in [-0.1, -0.05) is 0 Å². The number of hydrogen-bond acceptors (Lipinski definition) is 3. The topological polar surface area (TPSA) is 39.1 Å². The Kier molecular flexibility index (Phi) is 3.41. The summed E-state index contributed by atoms with van der Waals surface area (Å²) < 4.78 is 35.9. The Morgan fingerprint density at radius 2 is 2.08 bits per heavy atom. The highest BCUT2D eigenvalue weighted by molar-refractivity contribution is 5.06. The van der Waals surface area contributed by atoms with Crippen LogP contribution in [0.1, 0.15) is 0 Å². The summed E-state index contributed by atoms with van der Waals surface area (Å²) in [5, 5.41) is 10.1. The van der Waals surface area contributed by atoms with Gasteiger partial charge < -0.3 is 5.32 Å². The summed E-state index contributed by atoms with van der Waals surface area (Å²) in [4.78, 5) is 0.763. The highest BCUT2D eigenvalue weighted by Gasteiger charge is 2.33. The van der Waals surface area contributed by atoms with Crippen molar-refractivity contribution in [2.24, 2.45) is 0 Å². The van der Waals surface area contributed by atoms with E-state index in [-0.39, 0.29) is 0 Å². The van der Waals surface area contributed by atoms with Gasteiger partial charge in [0.25, 0.3) is 0 Å². The van der Waals surface area contributed by atoms with Crippen LogP contribution in [0.5, 0.6) is 0 Å². The average molecular weight is 179 g/mol. The second kappa shape index (κ2) is 3.85. The number of nitriles is 1. The number of allylic oxidation sites excluding steroid dienone is 1. The molecule has 12 heavy (non-hydrogen) atoms. The maximum Gasteiger partial charge on any atom is 0.432 e. The lowest BCUT2D eigenvalue weighted by Gasteiger charge is -2.12. The second-order valence-corrected chi connectivity index (χ2v) is 2.00. The summed E-state index contributed by atoms with van der Waals surface area (Å²) in [5.41, 5.74) is -0.952.